The molecule has 112 valence electrons. The van der Waals surface area contributed by atoms with Crippen molar-refractivity contribution in [1.29, 1.82) is 0 Å². The predicted molar refractivity (Wildman–Crippen MR) is 76.4 cm³/mol. The van der Waals surface area contributed by atoms with Crippen LogP contribution in [0.4, 0.5) is 0 Å². The summed E-state index contributed by atoms with van der Waals surface area (Å²) in [7, 11) is 3.04. The van der Waals surface area contributed by atoms with E-state index in [0.717, 1.165) is 12.8 Å². The van der Waals surface area contributed by atoms with Crippen LogP contribution in [0.1, 0.15) is 18.4 Å². The average Bonchev–Trinajstić information content (AvgIpc) is 3.30. The van der Waals surface area contributed by atoms with Gasteiger partial charge in [0.25, 0.3) is 0 Å². The molecule has 0 atom stereocenters. The second-order valence-electron chi connectivity index (χ2n) is 4.53. The molecule has 0 aromatic heterocycles. The van der Waals surface area contributed by atoms with Crippen LogP contribution in [0.25, 0.3) is 0 Å². The van der Waals surface area contributed by atoms with Crippen molar-refractivity contribution in [2.75, 3.05) is 14.2 Å². The lowest BCUT2D eigenvalue weighted by atomic mass is 10.2. The fourth-order valence-electron chi connectivity index (χ4n) is 1.70. The Morgan fingerprint density at radius 3 is 2.62 bits per heavy atom. The van der Waals surface area contributed by atoms with Gasteiger partial charge in [-0.05, 0) is 25.0 Å². The standard InChI is InChI=1S/C14H17N3O4/c1-20-11-5-3-4-9(12(11)21-2)8-15-17-14(19)13(18)16-10-6-7-10/h3-5,8,10H,6-7H2,1-2H3,(H,16,18)(H,17,19)/b15-8+. The first kappa shape index (κ1) is 14.8. The number of carbonyl (C=O) groups is 2. The molecular formula is C14H17N3O4. The third kappa shape index (κ3) is 3.95. The van der Waals surface area contributed by atoms with Crippen molar-refractivity contribution in [3.63, 3.8) is 0 Å². The largest absolute Gasteiger partial charge is 0.493 e. The Morgan fingerprint density at radius 2 is 2.00 bits per heavy atom. The summed E-state index contributed by atoms with van der Waals surface area (Å²) >= 11 is 0. The molecule has 2 amide bonds. The Labute approximate surface area is 122 Å². The molecule has 0 aliphatic heterocycles. The van der Waals surface area contributed by atoms with Crippen LogP contribution in [0.15, 0.2) is 23.3 Å². The Balaban J connectivity index is 1.97. The van der Waals surface area contributed by atoms with Crippen molar-refractivity contribution in [2.45, 2.75) is 18.9 Å². The number of nitrogens with one attached hydrogen (secondary N) is 2. The van der Waals surface area contributed by atoms with Crippen LogP contribution in [-0.2, 0) is 9.59 Å². The zero-order chi connectivity index (χ0) is 15.2. The molecule has 1 aliphatic rings. The number of nitrogens with zero attached hydrogens (tertiary/aromatic N) is 1. The van der Waals surface area contributed by atoms with Gasteiger partial charge in [0.15, 0.2) is 11.5 Å². The van der Waals surface area contributed by atoms with E-state index in [1.807, 2.05) is 0 Å². The number of rotatable bonds is 5. The highest BCUT2D eigenvalue weighted by atomic mass is 16.5. The van der Waals surface area contributed by atoms with Crippen molar-refractivity contribution in [3.8, 4) is 11.5 Å². The summed E-state index contributed by atoms with van der Waals surface area (Å²) in [4.78, 5) is 22.9. The molecule has 2 N–H and O–H groups in total. The SMILES string of the molecule is COc1cccc(/C=N/NC(=O)C(=O)NC2CC2)c1OC. The zero-order valence-corrected chi connectivity index (χ0v) is 11.9. The minimum absolute atomic E-state index is 0.130. The average molecular weight is 291 g/mol. The Hall–Kier alpha value is -2.57. The molecule has 1 fully saturated rings. The lowest BCUT2D eigenvalue weighted by molar-refractivity contribution is -0.139. The first-order chi connectivity index (χ1) is 10.2. The second kappa shape index (κ2) is 6.74. The minimum Gasteiger partial charge on any atom is -0.493 e. The van der Waals surface area contributed by atoms with E-state index in [0.29, 0.717) is 17.1 Å². The second-order valence-corrected chi connectivity index (χ2v) is 4.53. The number of benzene rings is 1. The van der Waals surface area contributed by atoms with Crippen molar-refractivity contribution in [2.24, 2.45) is 5.10 Å². The fourth-order valence-corrected chi connectivity index (χ4v) is 1.70. The molecule has 0 unspecified atom stereocenters. The van der Waals surface area contributed by atoms with E-state index >= 15 is 0 Å². The van der Waals surface area contributed by atoms with Gasteiger partial charge in [-0.2, -0.15) is 5.10 Å². The van der Waals surface area contributed by atoms with Crippen LogP contribution in [0.2, 0.25) is 0 Å². The highest BCUT2D eigenvalue weighted by molar-refractivity contribution is 6.35. The summed E-state index contributed by atoms with van der Waals surface area (Å²) in [6.07, 6.45) is 3.23. The Kier molecular flexibility index (Phi) is 4.76. The van der Waals surface area contributed by atoms with Crippen molar-refractivity contribution in [1.82, 2.24) is 10.7 Å². The highest BCUT2D eigenvalue weighted by Gasteiger charge is 2.26. The third-order valence-corrected chi connectivity index (χ3v) is 2.92. The summed E-state index contributed by atoms with van der Waals surface area (Å²) in [5.74, 6) is -0.410. The number of ether oxygens (including phenoxy) is 2. The minimum atomic E-state index is -0.792. The van der Waals surface area contributed by atoms with Gasteiger partial charge in [-0.25, -0.2) is 5.43 Å². The number of hydrazone groups is 1. The normalized spacial score (nSPS) is 13.8. The molecule has 1 saturated carbocycles. The zero-order valence-electron chi connectivity index (χ0n) is 11.9. The van der Waals surface area contributed by atoms with Gasteiger partial charge in [0.1, 0.15) is 0 Å². The van der Waals surface area contributed by atoms with Gasteiger partial charge in [0.05, 0.1) is 20.4 Å². The molecule has 0 saturated heterocycles. The van der Waals surface area contributed by atoms with Gasteiger partial charge < -0.3 is 14.8 Å². The molecule has 21 heavy (non-hydrogen) atoms. The summed E-state index contributed by atoms with van der Waals surface area (Å²) < 4.78 is 10.4. The number of amides is 2. The van der Waals surface area contributed by atoms with E-state index in [4.69, 9.17) is 9.47 Å². The number of para-hydroxylation sites is 1. The maximum atomic E-state index is 11.5. The van der Waals surface area contributed by atoms with Gasteiger partial charge in [0, 0.05) is 11.6 Å². The summed E-state index contributed by atoms with van der Waals surface area (Å²) in [6, 6.07) is 5.40. The Morgan fingerprint density at radius 1 is 1.24 bits per heavy atom. The maximum Gasteiger partial charge on any atom is 0.329 e. The van der Waals surface area contributed by atoms with Gasteiger partial charge in [-0.15, -0.1) is 0 Å². The third-order valence-electron chi connectivity index (χ3n) is 2.92. The molecule has 1 aromatic carbocycles. The van der Waals surface area contributed by atoms with E-state index in [2.05, 4.69) is 15.8 Å². The van der Waals surface area contributed by atoms with Crippen molar-refractivity contribution >= 4 is 18.0 Å². The number of methoxy groups -OCH3 is 2. The molecular weight excluding hydrogens is 274 g/mol. The lowest BCUT2D eigenvalue weighted by Gasteiger charge is -2.09. The van der Waals surface area contributed by atoms with E-state index in [1.54, 1.807) is 18.2 Å². The topological polar surface area (TPSA) is 89.0 Å². The van der Waals surface area contributed by atoms with E-state index in [9.17, 15) is 9.59 Å². The van der Waals surface area contributed by atoms with Crippen molar-refractivity contribution < 1.29 is 19.1 Å². The van der Waals surface area contributed by atoms with Crippen LogP contribution < -0.4 is 20.2 Å². The summed E-state index contributed by atoms with van der Waals surface area (Å²) in [5.41, 5.74) is 2.80. The molecule has 0 bridgehead atoms. The summed E-state index contributed by atoms with van der Waals surface area (Å²) in [6.45, 7) is 0. The molecule has 0 spiro atoms. The van der Waals surface area contributed by atoms with Crippen LogP contribution in [0.5, 0.6) is 11.5 Å². The quantitative estimate of drug-likeness (QED) is 0.468. The van der Waals surface area contributed by atoms with Crippen molar-refractivity contribution in [3.05, 3.63) is 23.8 Å². The van der Waals surface area contributed by atoms with E-state index < -0.39 is 11.8 Å². The predicted octanol–water partition coefficient (Wildman–Crippen LogP) is 0.432. The highest BCUT2D eigenvalue weighted by Crippen LogP contribution is 2.29. The van der Waals surface area contributed by atoms with Gasteiger partial charge >= 0.3 is 11.8 Å². The van der Waals surface area contributed by atoms with Crippen LogP contribution in [0.3, 0.4) is 0 Å². The number of carbonyl (C=O) groups excluding carboxylic acids is 2. The van der Waals surface area contributed by atoms with Crippen LogP contribution >= 0.6 is 0 Å². The molecule has 1 aliphatic carbocycles. The first-order valence-electron chi connectivity index (χ1n) is 6.50. The number of hydrogen-bond acceptors (Lipinski definition) is 5. The molecule has 7 heteroatoms. The van der Waals surface area contributed by atoms with Gasteiger partial charge in [0.2, 0.25) is 0 Å². The van der Waals surface area contributed by atoms with Crippen LogP contribution in [-0.4, -0.2) is 38.3 Å². The molecule has 1 aromatic rings. The molecule has 7 nitrogen and oxygen atoms in total. The molecule has 0 heterocycles. The van der Waals surface area contributed by atoms with Gasteiger partial charge in [-0.3, -0.25) is 9.59 Å². The monoisotopic (exact) mass is 291 g/mol. The maximum absolute atomic E-state index is 11.5. The smallest absolute Gasteiger partial charge is 0.329 e. The lowest BCUT2D eigenvalue weighted by Crippen LogP contribution is -2.38. The first-order valence-corrected chi connectivity index (χ1v) is 6.50. The molecule has 0 radical (unpaired) electrons. The number of hydrogen-bond donors (Lipinski definition) is 2. The summed E-state index contributed by atoms with van der Waals surface area (Å²) in [5, 5.41) is 6.33. The van der Waals surface area contributed by atoms with E-state index in [1.165, 1.54) is 20.4 Å². The van der Waals surface area contributed by atoms with Gasteiger partial charge in [-0.1, -0.05) is 6.07 Å². The Bertz CT molecular complexity index is 567. The molecule has 2 rings (SSSR count). The van der Waals surface area contributed by atoms with E-state index in [-0.39, 0.29) is 6.04 Å². The fraction of sp³-hybridized carbons (Fsp3) is 0.357. The van der Waals surface area contributed by atoms with Crippen LogP contribution in [0, 0.1) is 0 Å².